The first-order valence-electron chi connectivity index (χ1n) is 10.4. The first kappa shape index (κ1) is 23.4. The van der Waals surface area contributed by atoms with E-state index in [0.717, 1.165) is 5.56 Å². The molecule has 0 heterocycles. The number of carbonyl (C=O) groups excluding carboxylic acids is 2. The number of hydrogen-bond acceptors (Lipinski definition) is 4. The molecule has 0 radical (unpaired) electrons. The lowest BCUT2D eigenvalue weighted by molar-refractivity contribution is -0.141. The Morgan fingerprint density at radius 3 is 2.09 bits per heavy atom. The van der Waals surface area contributed by atoms with Crippen LogP contribution in [0.3, 0.4) is 0 Å². The molecule has 0 spiro atoms. The van der Waals surface area contributed by atoms with Gasteiger partial charge in [0.2, 0.25) is 0 Å². The summed E-state index contributed by atoms with van der Waals surface area (Å²) in [6.45, 7) is 7.93. The van der Waals surface area contributed by atoms with Gasteiger partial charge in [-0.05, 0) is 91.6 Å². The number of carbonyl (C=O) groups is 2. The van der Waals surface area contributed by atoms with Crippen LogP contribution in [-0.2, 0) is 4.79 Å². The van der Waals surface area contributed by atoms with Crippen molar-refractivity contribution in [1.29, 1.82) is 0 Å². The first-order chi connectivity index (χ1) is 15.2. The Hall–Kier alpha value is -3.31. The summed E-state index contributed by atoms with van der Waals surface area (Å²) in [5.74, 6) is 0.573. The van der Waals surface area contributed by atoms with Gasteiger partial charge in [0.25, 0.3) is 5.91 Å². The maximum atomic E-state index is 12.4. The Kier molecular flexibility index (Phi) is 7.54. The molecular weight excluding hydrogens is 426 g/mol. The fraction of sp³-hybridized carbons (Fsp3) is 0.231. The van der Waals surface area contributed by atoms with Gasteiger partial charge >= 0.3 is 5.97 Å². The molecule has 32 heavy (non-hydrogen) atoms. The number of benzene rings is 3. The van der Waals surface area contributed by atoms with Gasteiger partial charge in [-0.1, -0.05) is 31.5 Å². The average molecular weight is 452 g/mol. The summed E-state index contributed by atoms with van der Waals surface area (Å²) < 4.78 is 11.1. The molecule has 0 fully saturated rings. The van der Waals surface area contributed by atoms with Crippen LogP contribution < -0.4 is 14.8 Å². The molecule has 166 valence electrons. The van der Waals surface area contributed by atoms with Crippen molar-refractivity contribution >= 4 is 29.2 Å². The quantitative estimate of drug-likeness (QED) is 0.333. The highest BCUT2D eigenvalue weighted by Gasteiger charge is 2.18. The van der Waals surface area contributed by atoms with Gasteiger partial charge in [-0.3, -0.25) is 4.79 Å². The summed E-state index contributed by atoms with van der Waals surface area (Å²) in [5.41, 5.74) is 3.43. The molecule has 6 heteroatoms. The number of ether oxygens (including phenoxy) is 2. The van der Waals surface area contributed by atoms with E-state index >= 15 is 0 Å². The predicted octanol–water partition coefficient (Wildman–Crippen LogP) is 6.40. The van der Waals surface area contributed by atoms with Gasteiger partial charge in [0.05, 0.1) is 0 Å². The zero-order valence-electron chi connectivity index (χ0n) is 18.5. The van der Waals surface area contributed by atoms with Crippen LogP contribution in [0.15, 0.2) is 66.7 Å². The molecular formula is C26H26ClNO4. The Labute approximate surface area is 193 Å². The number of anilines is 1. The Morgan fingerprint density at radius 2 is 1.50 bits per heavy atom. The highest BCUT2D eigenvalue weighted by molar-refractivity contribution is 6.30. The van der Waals surface area contributed by atoms with Crippen molar-refractivity contribution < 1.29 is 19.1 Å². The third-order valence-electron chi connectivity index (χ3n) is 4.95. The number of amides is 1. The molecule has 0 aliphatic rings. The van der Waals surface area contributed by atoms with E-state index in [4.69, 9.17) is 21.1 Å². The highest BCUT2D eigenvalue weighted by Crippen LogP contribution is 2.24. The van der Waals surface area contributed by atoms with Crippen molar-refractivity contribution in [2.75, 3.05) is 5.32 Å². The third kappa shape index (κ3) is 6.11. The molecule has 1 atom stereocenters. The van der Waals surface area contributed by atoms with Crippen molar-refractivity contribution in [2.45, 2.75) is 39.7 Å². The molecule has 1 unspecified atom stereocenters. The fourth-order valence-corrected chi connectivity index (χ4v) is 3.36. The van der Waals surface area contributed by atoms with E-state index in [0.29, 0.717) is 33.7 Å². The second-order valence-electron chi connectivity index (χ2n) is 7.84. The van der Waals surface area contributed by atoms with Crippen LogP contribution in [0.4, 0.5) is 5.69 Å². The van der Waals surface area contributed by atoms with Crippen LogP contribution in [0.2, 0.25) is 5.02 Å². The zero-order chi connectivity index (χ0) is 23.3. The summed E-state index contributed by atoms with van der Waals surface area (Å²) in [4.78, 5) is 24.8. The molecule has 1 N–H and O–H groups in total. The van der Waals surface area contributed by atoms with Crippen molar-refractivity contribution in [2.24, 2.45) is 0 Å². The summed E-state index contributed by atoms with van der Waals surface area (Å²) in [7, 11) is 0. The van der Waals surface area contributed by atoms with Crippen LogP contribution in [-0.4, -0.2) is 18.0 Å². The molecule has 1 amide bonds. The van der Waals surface area contributed by atoms with Gasteiger partial charge in [0.1, 0.15) is 11.5 Å². The van der Waals surface area contributed by atoms with E-state index in [1.807, 2.05) is 25.1 Å². The molecule has 0 aliphatic carbocycles. The third-order valence-corrected chi connectivity index (χ3v) is 5.20. The van der Waals surface area contributed by atoms with Gasteiger partial charge in [-0.2, -0.15) is 0 Å². The normalized spacial score (nSPS) is 11.7. The van der Waals surface area contributed by atoms with E-state index in [-0.39, 0.29) is 5.91 Å². The molecule has 0 saturated carbocycles. The smallest absolute Gasteiger partial charge is 0.352 e. The summed E-state index contributed by atoms with van der Waals surface area (Å²) in [6.07, 6.45) is -0.785. The summed E-state index contributed by atoms with van der Waals surface area (Å²) in [5, 5.41) is 3.37. The minimum absolute atomic E-state index is 0.276. The largest absolute Gasteiger partial charge is 0.479 e. The Balaban J connectivity index is 1.57. The highest BCUT2D eigenvalue weighted by atomic mass is 35.5. The SMILES string of the molecule is Cc1cc(OC(C)C(=O)Oc2ccc(C(=O)Nc3ccc(Cl)cc3)cc2)ccc1C(C)C. The lowest BCUT2D eigenvalue weighted by Gasteiger charge is -2.16. The van der Waals surface area contributed by atoms with E-state index in [2.05, 4.69) is 19.2 Å². The van der Waals surface area contributed by atoms with Crippen LogP contribution in [0.1, 0.15) is 48.2 Å². The van der Waals surface area contributed by atoms with E-state index < -0.39 is 12.1 Å². The Morgan fingerprint density at radius 1 is 0.875 bits per heavy atom. The maximum Gasteiger partial charge on any atom is 0.352 e. The van der Waals surface area contributed by atoms with E-state index in [1.165, 1.54) is 5.56 Å². The molecule has 5 nitrogen and oxygen atoms in total. The fourth-order valence-electron chi connectivity index (χ4n) is 3.23. The van der Waals surface area contributed by atoms with Gasteiger partial charge in [0, 0.05) is 16.3 Å². The number of aryl methyl sites for hydroxylation is 1. The molecule has 0 aromatic heterocycles. The lowest BCUT2D eigenvalue weighted by Crippen LogP contribution is -2.28. The van der Waals surface area contributed by atoms with Crippen LogP contribution in [0.5, 0.6) is 11.5 Å². The second kappa shape index (κ2) is 10.3. The van der Waals surface area contributed by atoms with Crippen molar-refractivity contribution in [3.63, 3.8) is 0 Å². The number of halogens is 1. The number of hydrogen-bond donors (Lipinski definition) is 1. The number of nitrogens with one attached hydrogen (secondary N) is 1. The van der Waals surface area contributed by atoms with Crippen molar-refractivity contribution in [3.8, 4) is 11.5 Å². The number of rotatable bonds is 7. The maximum absolute atomic E-state index is 12.4. The van der Waals surface area contributed by atoms with Crippen LogP contribution in [0, 0.1) is 6.92 Å². The van der Waals surface area contributed by atoms with E-state index in [9.17, 15) is 9.59 Å². The molecule has 3 rings (SSSR count). The molecule has 0 bridgehead atoms. The van der Waals surface area contributed by atoms with Crippen molar-refractivity contribution in [3.05, 3.63) is 88.4 Å². The lowest BCUT2D eigenvalue weighted by atomic mass is 9.98. The minimum Gasteiger partial charge on any atom is -0.479 e. The monoisotopic (exact) mass is 451 g/mol. The Bertz CT molecular complexity index is 1090. The minimum atomic E-state index is -0.785. The van der Waals surface area contributed by atoms with Crippen LogP contribution >= 0.6 is 11.6 Å². The molecule has 0 saturated heterocycles. The second-order valence-corrected chi connectivity index (χ2v) is 8.28. The zero-order valence-corrected chi connectivity index (χ0v) is 19.3. The summed E-state index contributed by atoms with van der Waals surface area (Å²) >= 11 is 5.85. The van der Waals surface area contributed by atoms with E-state index in [1.54, 1.807) is 55.5 Å². The standard InChI is InChI=1S/C26H26ClNO4/c1-16(2)24-14-13-23(15-17(24)3)31-18(4)26(30)32-22-11-5-19(6-12-22)25(29)28-21-9-7-20(27)8-10-21/h5-16,18H,1-4H3,(H,28,29). The molecule has 3 aromatic carbocycles. The average Bonchev–Trinajstić information content (AvgIpc) is 2.75. The van der Waals surface area contributed by atoms with Crippen LogP contribution in [0.25, 0.3) is 0 Å². The molecule has 3 aromatic rings. The van der Waals surface area contributed by atoms with Crippen molar-refractivity contribution in [1.82, 2.24) is 0 Å². The van der Waals surface area contributed by atoms with Gasteiger partial charge < -0.3 is 14.8 Å². The van der Waals surface area contributed by atoms with Gasteiger partial charge in [-0.25, -0.2) is 4.79 Å². The first-order valence-corrected chi connectivity index (χ1v) is 10.8. The summed E-state index contributed by atoms with van der Waals surface area (Å²) in [6, 6.07) is 19.0. The molecule has 0 aliphatic heterocycles. The topological polar surface area (TPSA) is 64.6 Å². The predicted molar refractivity (Wildman–Crippen MR) is 127 cm³/mol. The number of esters is 1. The van der Waals surface area contributed by atoms with Gasteiger partial charge in [-0.15, -0.1) is 0 Å². The van der Waals surface area contributed by atoms with Gasteiger partial charge in [0.15, 0.2) is 6.10 Å².